The highest BCUT2D eigenvalue weighted by atomic mass is 19.1. The number of piperazine rings is 1. The highest BCUT2D eigenvalue weighted by Crippen LogP contribution is 2.06. The Bertz CT molecular complexity index is 154. The number of hydrogen-bond donors (Lipinski definition) is 0. The standard InChI is InChI=1S/C12H25FN2/c1-12(2)11-15-9-7-14(8-10-15)6-4-3-5-13/h12H,3-11H2,1-2H3. The van der Waals surface area contributed by atoms with Gasteiger partial charge in [0.05, 0.1) is 6.67 Å². The molecule has 15 heavy (non-hydrogen) atoms. The molecule has 1 fully saturated rings. The highest BCUT2D eigenvalue weighted by Gasteiger charge is 2.16. The molecule has 1 rings (SSSR count). The minimum Gasteiger partial charge on any atom is -0.301 e. The molecule has 0 aromatic carbocycles. The van der Waals surface area contributed by atoms with E-state index in [1.807, 2.05) is 0 Å². The summed E-state index contributed by atoms with van der Waals surface area (Å²) in [6.07, 6.45) is 1.74. The van der Waals surface area contributed by atoms with Crippen molar-refractivity contribution in [2.24, 2.45) is 5.92 Å². The van der Waals surface area contributed by atoms with Crippen LogP contribution in [0.25, 0.3) is 0 Å². The Kier molecular flexibility index (Phi) is 6.18. The highest BCUT2D eigenvalue weighted by molar-refractivity contribution is 4.72. The maximum Gasteiger partial charge on any atom is 0.0894 e. The van der Waals surface area contributed by atoms with E-state index in [2.05, 4.69) is 23.6 Å². The number of alkyl halides is 1. The van der Waals surface area contributed by atoms with Gasteiger partial charge in [0.15, 0.2) is 0 Å². The van der Waals surface area contributed by atoms with Crippen molar-refractivity contribution in [3.8, 4) is 0 Å². The average Bonchev–Trinajstić information content (AvgIpc) is 2.20. The molecule has 0 amide bonds. The molecular formula is C12H25FN2. The number of halogens is 1. The normalized spacial score (nSPS) is 20.0. The summed E-state index contributed by atoms with van der Waals surface area (Å²) in [6, 6.07) is 0. The summed E-state index contributed by atoms with van der Waals surface area (Å²) in [5, 5.41) is 0. The van der Waals surface area contributed by atoms with Crippen molar-refractivity contribution >= 4 is 0 Å². The molecule has 1 saturated heterocycles. The van der Waals surface area contributed by atoms with Gasteiger partial charge in [-0.3, -0.25) is 4.39 Å². The van der Waals surface area contributed by atoms with Gasteiger partial charge in [-0.05, 0) is 25.3 Å². The Labute approximate surface area is 93.4 Å². The molecule has 90 valence electrons. The summed E-state index contributed by atoms with van der Waals surface area (Å²) >= 11 is 0. The van der Waals surface area contributed by atoms with E-state index in [0.29, 0.717) is 0 Å². The summed E-state index contributed by atoms with van der Waals surface area (Å²) in [7, 11) is 0. The van der Waals surface area contributed by atoms with Crippen molar-refractivity contribution < 1.29 is 4.39 Å². The average molecular weight is 216 g/mol. The third-order valence-corrected chi connectivity index (χ3v) is 2.95. The zero-order valence-corrected chi connectivity index (χ0v) is 10.2. The van der Waals surface area contributed by atoms with Crippen molar-refractivity contribution in [3.05, 3.63) is 0 Å². The molecule has 1 aliphatic rings. The molecule has 0 bridgehead atoms. The minimum absolute atomic E-state index is 0.159. The van der Waals surface area contributed by atoms with Gasteiger partial charge >= 0.3 is 0 Å². The molecule has 0 N–H and O–H groups in total. The maximum absolute atomic E-state index is 11.9. The van der Waals surface area contributed by atoms with Gasteiger partial charge in [0.1, 0.15) is 0 Å². The fourth-order valence-electron chi connectivity index (χ4n) is 2.14. The summed E-state index contributed by atoms with van der Waals surface area (Å²) in [6.45, 7) is 11.4. The van der Waals surface area contributed by atoms with Gasteiger partial charge in [-0.25, -0.2) is 0 Å². The van der Waals surface area contributed by atoms with Crippen LogP contribution in [0.15, 0.2) is 0 Å². The summed E-state index contributed by atoms with van der Waals surface area (Å²) in [4.78, 5) is 5.00. The molecule has 0 radical (unpaired) electrons. The topological polar surface area (TPSA) is 6.48 Å². The van der Waals surface area contributed by atoms with E-state index >= 15 is 0 Å². The molecular weight excluding hydrogens is 191 g/mol. The van der Waals surface area contributed by atoms with Gasteiger partial charge in [0.2, 0.25) is 0 Å². The van der Waals surface area contributed by atoms with Crippen LogP contribution < -0.4 is 0 Å². The summed E-state index contributed by atoms with van der Waals surface area (Å²) < 4.78 is 11.9. The molecule has 0 saturated carbocycles. The molecule has 3 heteroatoms. The Morgan fingerprint density at radius 3 is 2.13 bits per heavy atom. The number of nitrogens with zero attached hydrogens (tertiary/aromatic N) is 2. The third-order valence-electron chi connectivity index (χ3n) is 2.95. The molecule has 1 aliphatic heterocycles. The zero-order chi connectivity index (χ0) is 11.1. The van der Waals surface area contributed by atoms with E-state index in [1.54, 1.807) is 0 Å². The molecule has 0 atom stereocenters. The second-order valence-corrected chi connectivity index (χ2v) is 4.93. The van der Waals surface area contributed by atoms with Crippen LogP contribution in [-0.2, 0) is 0 Å². The first kappa shape index (κ1) is 12.9. The minimum atomic E-state index is -0.159. The van der Waals surface area contributed by atoms with Crippen LogP contribution in [0.3, 0.4) is 0 Å². The Morgan fingerprint density at radius 1 is 1.00 bits per heavy atom. The van der Waals surface area contributed by atoms with Crippen LogP contribution in [0.1, 0.15) is 26.7 Å². The van der Waals surface area contributed by atoms with Crippen LogP contribution >= 0.6 is 0 Å². The van der Waals surface area contributed by atoms with Gasteiger partial charge in [-0.2, -0.15) is 0 Å². The maximum atomic E-state index is 11.9. The predicted molar refractivity (Wildman–Crippen MR) is 62.9 cm³/mol. The predicted octanol–water partition coefficient (Wildman–Crippen LogP) is 2.01. The van der Waals surface area contributed by atoms with Crippen LogP contribution in [0, 0.1) is 5.92 Å². The fraction of sp³-hybridized carbons (Fsp3) is 1.00. The monoisotopic (exact) mass is 216 g/mol. The van der Waals surface area contributed by atoms with E-state index < -0.39 is 0 Å². The number of unbranched alkanes of at least 4 members (excludes halogenated alkanes) is 1. The van der Waals surface area contributed by atoms with E-state index in [9.17, 15) is 4.39 Å². The van der Waals surface area contributed by atoms with E-state index in [1.165, 1.54) is 32.7 Å². The smallest absolute Gasteiger partial charge is 0.0894 e. The van der Waals surface area contributed by atoms with Crippen molar-refractivity contribution in [3.63, 3.8) is 0 Å². The third kappa shape index (κ3) is 5.47. The van der Waals surface area contributed by atoms with Crippen LogP contribution in [0.5, 0.6) is 0 Å². The van der Waals surface area contributed by atoms with Gasteiger partial charge in [0, 0.05) is 32.7 Å². The van der Waals surface area contributed by atoms with Crippen LogP contribution in [0.2, 0.25) is 0 Å². The Morgan fingerprint density at radius 2 is 1.60 bits per heavy atom. The molecule has 0 aromatic heterocycles. The first-order valence-corrected chi connectivity index (χ1v) is 6.23. The molecule has 2 nitrogen and oxygen atoms in total. The SMILES string of the molecule is CC(C)CN1CCN(CCCCF)CC1. The molecule has 0 aromatic rings. The van der Waals surface area contributed by atoms with E-state index in [0.717, 1.165) is 25.3 Å². The lowest BCUT2D eigenvalue weighted by molar-refractivity contribution is 0.120. The zero-order valence-electron chi connectivity index (χ0n) is 10.2. The van der Waals surface area contributed by atoms with Crippen molar-refractivity contribution in [2.45, 2.75) is 26.7 Å². The van der Waals surface area contributed by atoms with Crippen molar-refractivity contribution in [2.75, 3.05) is 45.9 Å². The second kappa shape index (κ2) is 7.18. The van der Waals surface area contributed by atoms with Gasteiger partial charge < -0.3 is 9.80 Å². The lowest BCUT2D eigenvalue weighted by Crippen LogP contribution is -2.47. The lowest BCUT2D eigenvalue weighted by atomic mass is 10.2. The Balaban J connectivity index is 2.07. The van der Waals surface area contributed by atoms with E-state index in [4.69, 9.17) is 0 Å². The lowest BCUT2D eigenvalue weighted by Gasteiger charge is -2.35. The molecule has 0 unspecified atom stereocenters. The first-order chi connectivity index (χ1) is 7.22. The van der Waals surface area contributed by atoms with Crippen LogP contribution in [0.4, 0.5) is 4.39 Å². The molecule has 0 aliphatic carbocycles. The van der Waals surface area contributed by atoms with Crippen molar-refractivity contribution in [1.82, 2.24) is 9.80 Å². The fourth-order valence-corrected chi connectivity index (χ4v) is 2.14. The first-order valence-electron chi connectivity index (χ1n) is 6.23. The Hall–Kier alpha value is -0.150. The number of rotatable bonds is 6. The summed E-state index contributed by atoms with van der Waals surface area (Å²) in [5.41, 5.74) is 0. The second-order valence-electron chi connectivity index (χ2n) is 4.93. The molecule has 1 heterocycles. The van der Waals surface area contributed by atoms with E-state index in [-0.39, 0.29) is 6.67 Å². The van der Waals surface area contributed by atoms with Gasteiger partial charge in [-0.15, -0.1) is 0 Å². The van der Waals surface area contributed by atoms with Crippen molar-refractivity contribution in [1.29, 1.82) is 0 Å². The summed E-state index contributed by atoms with van der Waals surface area (Å²) in [5.74, 6) is 0.767. The largest absolute Gasteiger partial charge is 0.301 e. The van der Waals surface area contributed by atoms with Gasteiger partial charge in [-0.1, -0.05) is 13.8 Å². The quantitative estimate of drug-likeness (QED) is 0.627. The van der Waals surface area contributed by atoms with Crippen LogP contribution in [-0.4, -0.2) is 55.7 Å². The molecule has 0 spiro atoms. The number of hydrogen-bond acceptors (Lipinski definition) is 2. The van der Waals surface area contributed by atoms with Gasteiger partial charge in [0.25, 0.3) is 0 Å².